The van der Waals surface area contributed by atoms with Gasteiger partial charge < -0.3 is 0 Å². The van der Waals surface area contributed by atoms with E-state index in [2.05, 4.69) is 32.7 Å². The third kappa shape index (κ3) is 4.28. The van der Waals surface area contributed by atoms with Crippen molar-refractivity contribution in [2.24, 2.45) is 0 Å². The van der Waals surface area contributed by atoms with Crippen LogP contribution in [0.4, 0.5) is 10.8 Å². The van der Waals surface area contributed by atoms with Gasteiger partial charge in [-0.05, 0) is 18.9 Å². The van der Waals surface area contributed by atoms with Crippen molar-refractivity contribution in [3.8, 4) is 0 Å². The first-order valence-electron chi connectivity index (χ1n) is 7.88. The van der Waals surface area contributed by atoms with E-state index in [4.69, 9.17) is 0 Å². The topological polar surface area (TPSA) is 116 Å². The molecule has 3 rings (SSSR count). The molecule has 1 atom stereocenters. The van der Waals surface area contributed by atoms with Crippen LogP contribution in [0.15, 0.2) is 42.7 Å². The lowest BCUT2D eigenvalue weighted by molar-refractivity contribution is -0.385. The van der Waals surface area contributed by atoms with Crippen molar-refractivity contribution < 1.29 is 9.72 Å². The van der Waals surface area contributed by atoms with E-state index in [9.17, 15) is 14.9 Å². The van der Waals surface area contributed by atoms with Crippen LogP contribution in [0.2, 0.25) is 0 Å². The van der Waals surface area contributed by atoms with E-state index >= 15 is 0 Å². The molecule has 2 aromatic heterocycles. The second-order valence-corrected chi connectivity index (χ2v) is 6.65. The lowest BCUT2D eigenvalue weighted by Crippen LogP contribution is -2.23. The molecular formula is C16H16N6O3S. The summed E-state index contributed by atoms with van der Waals surface area (Å²) < 4.78 is 1.24. The minimum absolute atomic E-state index is 0.163. The van der Waals surface area contributed by atoms with Gasteiger partial charge in [-0.1, -0.05) is 41.7 Å². The van der Waals surface area contributed by atoms with Gasteiger partial charge in [-0.2, -0.15) is 5.10 Å². The largest absolute Gasteiger partial charge is 0.307 e. The third-order valence-electron chi connectivity index (χ3n) is 3.74. The van der Waals surface area contributed by atoms with Crippen molar-refractivity contribution in [3.05, 3.63) is 63.4 Å². The van der Waals surface area contributed by atoms with Gasteiger partial charge in [0.1, 0.15) is 23.4 Å². The highest BCUT2D eigenvalue weighted by atomic mass is 32.1. The SMILES string of the molecule is C[C@H](C(=O)Nc1nnc(CCc2ccccc2)s1)n1cc([N+](=O)[O-])cn1. The van der Waals surface area contributed by atoms with Crippen LogP contribution in [-0.4, -0.2) is 30.8 Å². The Labute approximate surface area is 152 Å². The molecule has 3 aromatic rings. The Morgan fingerprint density at radius 2 is 2.08 bits per heavy atom. The van der Waals surface area contributed by atoms with Crippen LogP contribution in [0.1, 0.15) is 23.5 Å². The molecule has 10 heteroatoms. The summed E-state index contributed by atoms with van der Waals surface area (Å²) in [6.07, 6.45) is 3.90. The minimum atomic E-state index is -0.708. The molecule has 9 nitrogen and oxygen atoms in total. The van der Waals surface area contributed by atoms with E-state index in [0.717, 1.165) is 24.0 Å². The van der Waals surface area contributed by atoms with Gasteiger partial charge >= 0.3 is 5.69 Å². The first-order valence-corrected chi connectivity index (χ1v) is 8.70. The Hall–Kier alpha value is -3.14. The van der Waals surface area contributed by atoms with Crippen molar-refractivity contribution in [1.82, 2.24) is 20.0 Å². The molecule has 1 aromatic carbocycles. The number of nitrogens with one attached hydrogen (secondary N) is 1. The monoisotopic (exact) mass is 372 g/mol. The normalized spacial score (nSPS) is 11.9. The number of carbonyl (C=O) groups excluding carboxylic acids is 1. The first kappa shape index (κ1) is 17.7. The third-order valence-corrected chi connectivity index (χ3v) is 4.64. The van der Waals surface area contributed by atoms with Crippen LogP contribution in [0.5, 0.6) is 0 Å². The predicted octanol–water partition coefficient (Wildman–Crippen LogP) is 2.63. The van der Waals surface area contributed by atoms with Gasteiger partial charge in [0, 0.05) is 6.42 Å². The van der Waals surface area contributed by atoms with Crippen molar-refractivity contribution in [3.63, 3.8) is 0 Å². The van der Waals surface area contributed by atoms with Crippen LogP contribution in [0.3, 0.4) is 0 Å². The summed E-state index contributed by atoms with van der Waals surface area (Å²) in [7, 11) is 0. The van der Waals surface area contributed by atoms with E-state index in [1.165, 1.54) is 27.8 Å². The highest BCUT2D eigenvalue weighted by Gasteiger charge is 2.20. The number of benzene rings is 1. The van der Waals surface area contributed by atoms with Crippen LogP contribution >= 0.6 is 11.3 Å². The number of nitro groups is 1. The molecule has 0 fully saturated rings. The molecule has 2 heterocycles. The van der Waals surface area contributed by atoms with Gasteiger partial charge in [-0.25, -0.2) is 0 Å². The number of rotatable bonds is 7. The number of carbonyl (C=O) groups is 1. The lowest BCUT2D eigenvalue weighted by atomic mass is 10.1. The fraction of sp³-hybridized carbons (Fsp3) is 0.250. The van der Waals surface area contributed by atoms with E-state index in [1.807, 2.05) is 18.2 Å². The minimum Gasteiger partial charge on any atom is -0.299 e. The number of aromatic nitrogens is 4. The van der Waals surface area contributed by atoms with E-state index < -0.39 is 11.0 Å². The molecule has 0 unspecified atom stereocenters. The Balaban J connectivity index is 1.57. The molecule has 0 saturated heterocycles. The Morgan fingerprint density at radius 1 is 1.31 bits per heavy atom. The van der Waals surface area contributed by atoms with E-state index in [1.54, 1.807) is 6.92 Å². The fourth-order valence-electron chi connectivity index (χ4n) is 2.27. The van der Waals surface area contributed by atoms with Gasteiger partial charge in [0.2, 0.25) is 5.13 Å². The van der Waals surface area contributed by atoms with Crippen molar-refractivity contribution in [2.75, 3.05) is 5.32 Å². The highest BCUT2D eigenvalue weighted by Crippen LogP contribution is 2.19. The summed E-state index contributed by atoms with van der Waals surface area (Å²) >= 11 is 1.31. The molecule has 0 spiro atoms. The summed E-state index contributed by atoms with van der Waals surface area (Å²) in [6, 6.07) is 9.34. The summed E-state index contributed by atoms with van der Waals surface area (Å²) in [4.78, 5) is 22.4. The van der Waals surface area contributed by atoms with Gasteiger partial charge in [0.05, 0.1) is 4.92 Å². The smallest absolute Gasteiger partial charge is 0.299 e. The Kier molecular flexibility index (Phi) is 5.32. The fourth-order valence-corrected chi connectivity index (χ4v) is 3.01. The second kappa shape index (κ2) is 7.83. The van der Waals surface area contributed by atoms with Gasteiger partial charge in [-0.15, -0.1) is 10.2 Å². The highest BCUT2D eigenvalue weighted by molar-refractivity contribution is 7.15. The van der Waals surface area contributed by atoms with Gasteiger partial charge in [-0.3, -0.25) is 24.9 Å². The zero-order valence-electron chi connectivity index (χ0n) is 13.9. The average Bonchev–Trinajstić information content (AvgIpc) is 3.30. The maximum absolute atomic E-state index is 12.3. The molecule has 0 aliphatic heterocycles. The lowest BCUT2D eigenvalue weighted by Gasteiger charge is -2.09. The first-order chi connectivity index (χ1) is 12.5. The van der Waals surface area contributed by atoms with Gasteiger partial charge in [0.15, 0.2) is 0 Å². The van der Waals surface area contributed by atoms with E-state index in [0.29, 0.717) is 5.13 Å². The zero-order valence-corrected chi connectivity index (χ0v) is 14.7. The number of nitrogens with zero attached hydrogens (tertiary/aromatic N) is 5. The standard InChI is InChI=1S/C16H16N6O3S/c1-11(21-10-13(9-17-21)22(24)25)15(23)18-16-20-19-14(26-16)8-7-12-5-3-2-4-6-12/h2-6,9-11H,7-8H2,1H3,(H,18,20,23)/t11-/m1/s1. The van der Waals surface area contributed by atoms with Crippen molar-refractivity contribution >= 4 is 28.1 Å². The number of amides is 1. The second-order valence-electron chi connectivity index (χ2n) is 5.59. The number of hydrogen-bond donors (Lipinski definition) is 1. The van der Waals surface area contributed by atoms with Crippen molar-refractivity contribution in [2.45, 2.75) is 25.8 Å². The number of hydrogen-bond acceptors (Lipinski definition) is 7. The molecule has 1 N–H and O–H groups in total. The predicted molar refractivity (Wildman–Crippen MR) is 96.0 cm³/mol. The van der Waals surface area contributed by atoms with Crippen LogP contribution < -0.4 is 5.32 Å². The molecular weight excluding hydrogens is 356 g/mol. The average molecular weight is 372 g/mol. The molecule has 0 bridgehead atoms. The summed E-state index contributed by atoms with van der Waals surface area (Å²) in [5.74, 6) is -0.367. The van der Waals surface area contributed by atoms with Crippen LogP contribution in [0.25, 0.3) is 0 Å². The maximum Gasteiger partial charge on any atom is 0.307 e. The van der Waals surface area contributed by atoms with Crippen molar-refractivity contribution in [1.29, 1.82) is 0 Å². The quantitative estimate of drug-likeness (QED) is 0.503. The molecule has 0 aliphatic rings. The maximum atomic E-state index is 12.3. The van der Waals surface area contributed by atoms with Crippen LogP contribution in [0, 0.1) is 10.1 Å². The zero-order chi connectivity index (χ0) is 18.5. The van der Waals surface area contributed by atoms with E-state index in [-0.39, 0.29) is 11.6 Å². The Bertz CT molecular complexity index is 908. The molecule has 26 heavy (non-hydrogen) atoms. The summed E-state index contributed by atoms with van der Waals surface area (Å²) in [5, 5.41) is 26.5. The Morgan fingerprint density at radius 3 is 2.77 bits per heavy atom. The van der Waals surface area contributed by atoms with Gasteiger partial charge in [0.25, 0.3) is 5.91 Å². The summed E-state index contributed by atoms with van der Waals surface area (Å²) in [5.41, 5.74) is 1.05. The molecule has 134 valence electrons. The molecule has 1 amide bonds. The molecule has 0 saturated carbocycles. The number of aryl methyl sites for hydroxylation is 2. The molecule has 0 radical (unpaired) electrons. The van der Waals surface area contributed by atoms with Crippen LogP contribution in [-0.2, 0) is 17.6 Å². The molecule has 0 aliphatic carbocycles. The summed E-state index contributed by atoms with van der Waals surface area (Å²) in [6.45, 7) is 1.60. The number of anilines is 1.